The third kappa shape index (κ3) is 2.67. The van der Waals surface area contributed by atoms with Crippen molar-refractivity contribution in [2.24, 2.45) is 5.73 Å². The Kier molecular flexibility index (Phi) is 3.59. The molecule has 0 atom stereocenters. The molecule has 21 heavy (non-hydrogen) atoms. The Morgan fingerprint density at radius 3 is 2.19 bits per heavy atom. The molecule has 3 N–H and O–H groups in total. The minimum atomic E-state index is -4.86. The van der Waals surface area contributed by atoms with Crippen molar-refractivity contribution in [2.75, 3.05) is 0 Å². The molecule has 2 rings (SSSR count). The van der Waals surface area contributed by atoms with E-state index in [2.05, 4.69) is 0 Å². The minimum Gasteiger partial charge on any atom is -0.506 e. The number of rotatable bonds is 2. The Morgan fingerprint density at radius 1 is 1.05 bits per heavy atom. The number of carbonyl (C=O) groups excluding carboxylic acids is 1. The fourth-order valence-corrected chi connectivity index (χ4v) is 1.92. The Hall–Kier alpha value is -2.57. The van der Waals surface area contributed by atoms with Gasteiger partial charge in [0.25, 0.3) is 5.91 Å². The van der Waals surface area contributed by atoms with Crippen LogP contribution in [0.4, 0.5) is 17.6 Å². The lowest BCUT2D eigenvalue weighted by atomic mass is 9.98. The third-order valence-electron chi connectivity index (χ3n) is 2.90. The van der Waals surface area contributed by atoms with Gasteiger partial charge in [0.05, 0.1) is 11.1 Å². The van der Waals surface area contributed by atoms with Crippen molar-refractivity contribution in [2.45, 2.75) is 6.18 Å². The van der Waals surface area contributed by atoms with Crippen molar-refractivity contribution in [1.82, 2.24) is 0 Å². The second kappa shape index (κ2) is 5.08. The third-order valence-corrected chi connectivity index (χ3v) is 2.90. The highest BCUT2D eigenvalue weighted by Gasteiger charge is 2.35. The van der Waals surface area contributed by atoms with Gasteiger partial charge in [0, 0.05) is 11.1 Å². The standard InChI is InChI=1S/C14H9F4NO2/c15-11-7(3-2-6-10(11)14(16,17)18)8-4-1-5-9(12(8)20)13(19)21/h1-6,20H,(H2,19,21). The lowest BCUT2D eigenvalue weighted by Crippen LogP contribution is -2.12. The van der Waals surface area contributed by atoms with Crippen LogP contribution in [0.25, 0.3) is 11.1 Å². The van der Waals surface area contributed by atoms with Gasteiger partial charge in [-0.1, -0.05) is 24.3 Å². The van der Waals surface area contributed by atoms with Crippen LogP contribution in [-0.4, -0.2) is 11.0 Å². The van der Waals surface area contributed by atoms with E-state index >= 15 is 0 Å². The fourth-order valence-electron chi connectivity index (χ4n) is 1.92. The van der Waals surface area contributed by atoms with Gasteiger partial charge >= 0.3 is 6.18 Å². The average Bonchev–Trinajstić information content (AvgIpc) is 2.38. The molecule has 0 saturated heterocycles. The van der Waals surface area contributed by atoms with Crippen LogP contribution in [-0.2, 0) is 6.18 Å². The quantitative estimate of drug-likeness (QED) is 0.836. The number of benzene rings is 2. The van der Waals surface area contributed by atoms with Crippen LogP contribution in [0.1, 0.15) is 15.9 Å². The van der Waals surface area contributed by atoms with Crippen LogP contribution in [0.2, 0.25) is 0 Å². The van der Waals surface area contributed by atoms with Crippen LogP contribution in [0, 0.1) is 5.82 Å². The first-order valence-electron chi connectivity index (χ1n) is 5.71. The van der Waals surface area contributed by atoms with Crippen LogP contribution < -0.4 is 5.73 Å². The molecular formula is C14H9F4NO2. The van der Waals surface area contributed by atoms with E-state index in [4.69, 9.17) is 5.73 Å². The molecule has 0 radical (unpaired) electrons. The molecule has 0 heterocycles. The Bertz CT molecular complexity index is 711. The molecule has 2 aromatic carbocycles. The number of halogens is 4. The molecule has 0 aliphatic heterocycles. The largest absolute Gasteiger partial charge is 0.506 e. The number of aromatic hydroxyl groups is 1. The van der Waals surface area contributed by atoms with Gasteiger partial charge in [0.15, 0.2) is 0 Å². The number of nitrogens with two attached hydrogens (primary N) is 1. The number of para-hydroxylation sites is 1. The van der Waals surface area contributed by atoms with Gasteiger partial charge < -0.3 is 10.8 Å². The molecule has 0 spiro atoms. The Morgan fingerprint density at radius 2 is 1.62 bits per heavy atom. The Labute approximate surface area is 116 Å². The van der Waals surface area contributed by atoms with E-state index < -0.39 is 34.8 Å². The van der Waals surface area contributed by atoms with Crippen molar-refractivity contribution >= 4 is 5.91 Å². The Balaban J connectivity index is 2.69. The number of carbonyl (C=O) groups is 1. The summed E-state index contributed by atoms with van der Waals surface area (Å²) in [6.07, 6.45) is -4.86. The first-order valence-corrected chi connectivity index (χ1v) is 5.71. The molecule has 3 nitrogen and oxygen atoms in total. The first-order chi connectivity index (χ1) is 9.73. The van der Waals surface area contributed by atoms with Crippen LogP contribution in [0.5, 0.6) is 5.75 Å². The summed E-state index contributed by atoms with van der Waals surface area (Å²) < 4.78 is 52.0. The lowest BCUT2D eigenvalue weighted by Gasteiger charge is -2.13. The maximum Gasteiger partial charge on any atom is 0.419 e. The molecular weight excluding hydrogens is 290 g/mol. The zero-order valence-electron chi connectivity index (χ0n) is 10.4. The number of hydrogen-bond donors (Lipinski definition) is 2. The number of alkyl halides is 3. The summed E-state index contributed by atoms with van der Waals surface area (Å²) in [7, 11) is 0. The van der Waals surface area contributed by atoms with Gasteiger partial charge in [-0.05, 0) is 12.1 Å². The van der Waals surface area contributed by atoms with Gasteiger partial charge in [-0.25, -0.2) is 4.39 Å². The molecule has 2 aromatic rings. The maximum atomic E-state index is 14.0. The zero-order chi connectivity index (χ0) is 15.8. The number of primary amides is 1. The molecule has 0 bridgehead atoms. The highest BCUT2D eigenvalue weighted by molar-refractivity contribution is 5.98. The molecule has 0 fully saturated rings. The summed E-state index contributed by atoms with van der Waals surface area (Å²) in [6.45, 7) is 0. The number of hydrogen-bond acceptors (Lipinski definition) is 2. The number of amides is 1. The second-order valence-corrected chi connectivity index (χ2v) is 4.23. The molecule has 0 aliphatic carbocycles. The van der Waals surface area contributed by atoms with Gasteiger partial charge in [0.2, 0.25) is 0 Å². The predicted molar refractivity (Wildman–Crippen MR) is 67.0 cm³/mol. The van der Waals surface area contributed by atoms with E-state index in [0.29, 0.717) is 6.07 Å². The minimum absolute atomic E-state index is 0.241. The smallest absolute Gasteiger partial charge is 0.419 e. The van der Waals surface area contributed by atoms with E-state index in [1.807, 2.05) is 0 Å². The summed E-state index contributed by atoms with van der Waals surface area (Å²) in [6, 6.07) is 6.34. The second-order valence-electron chi connectivity index (χ2n) is 4.23. The lowest BCUT2D eigenvalue weighted by molar-refractivity contribution is -0.139. The molecule has 0 aromatic heterocycles. The number of phenols is 1. The molecule has 110 valence electrons. The average molecular weight is 299 g/mol. The van der Waals surface area contributed by atoms with Gasteiger partial charge in [-0.3, -0.25) is 4.79 Å². The monoisotopic (exact) mass is 299 g/mol. The SMILES string of the molecule is NC(=O)c1cccc(-c2cccc(C(F)(F)F)c2F)c1O. The highest BCUT2D eigenvalue weighted by Crippen LogP contribution is 2.38. The van der Waals surface area contributed by atoms with Crippen molar-refractivity contribution in [3.05, 3.63) is 53.3 Å². The first kappa shape index (κ1) is 14.8. The maximum absolute atomic E-state index is 14.0. The van der Waals surface area contributed by atoms with E-state index in [1.165, 1.54) is 18.2 Å². The van der Waals surface area contributed by atoms with E-state index in [-0.39, 0.29) is 11.1 Å². The molecule has 7 heteroatoms. The topological polar surface area (TPSA) is 63.3 Å². The van der Waals surface area contributed by atoms with Crippen LogP contribution in [0.3, 0.4) is 0 Å². The van der Waals surface area contributed by atoms with Gasteiger partial charge in [-0.2, -0.15) is 13.2 Å². The molecule has 0 saturated carbocycles. The summed E-state index contributed by atoms with van der Waals surface area (Å²) >= 11 is 0. The molecule has 0 aliphatic rings. The zero-order valence-corrected chi connectivity index (χ0v) is 10.4. The highest BCUT2D eigenvalue weighted by atomic mass is 19.4. The van der Waals surface area contributed by atoms with Crippen LogP contribution in [0.15, 0.2) is 36.4 Å². The van der Waals surface area contributed by atoms with Gasteiger partial charge in [-0.15, -0.1) is 0 Å². The van der Waals surface area contributed by atoms with Crippen LogP contribution >= 0.6 is 0 Å². The predicted octanol–water partition coefficient (Wildman–Crippen LogP) is 3.32. The normalized spacial score (nSPS) is 11.4. The summed E-state index contributed by atoms with van der Waals surface area (Å²) in [4.78, 5) is 11.1. The summed E-state index contributed by atoms with van der Waals surface area (Å²) in [5, 5.41) is 9.88. The van der Waals surface area contributed by atoms with E-state index in [0.717, 1.165) is 12.1 Å². The fraction of sp³-hybridized carbons (Fsp3) is 0.0714. The summed E-state index contributed by atoms with van der Waals surface area (Å²) in [5.74, 6) is -3.16. The molecule has 0 unspecified atom stereocenters. The van der Waals surface area contributed by atoms with Crippen molar-refractivity contribution in [1.29, 1.82) is 0 Å². The van der Waals surface area contributed by atoms with Crippen molar-refractivity contribution in [3.63, 3.8) is 0 Å². The van der Waals surface area contributed by atoms with E-state index in [9.17, 15) is 27.5 Å². The van der Waals surface area contributed by atoms with Crippen molar-refractivity contribution < 1.29 is 27.5 Å². The van der Waals surface area contributed by atoms with Crippen molar-refractivity contribution in [3.8, 4) is 16.9 Å². The molecule has 1 amide bonds. The van der Waals surface area contributed by atoms with E-state index in [1.54, 1.807) is 0 Å². The summed E-state index contributed by atoms with van der Waals surface area (Å²) in [5.41, 5.74) is 2.56. The van der Waals surface area contributed by atoms with Gasteiger partial charge in [0.1, 0.15) is 11.6 Å².